The molecule has 2 rings (SSSR count). The summed E-state index contributed by atoms with van der Waals surface area (Å²) in [6, 6.07) is 3.93. The molecule has 0 aromatic carbocycles. The molecule has 0 aliphatic heterocycles. The molecule has 0 spiro atoms. The molecule has 0 unspecified atom stereocenters. The Morgan fingerprint density at radius 3 is 2.41 bits per heavy atom. The number of rotatable bonds is 3. The van der Waals surface area contributed by atoms with Crippen LogP contribution in [0.1, 0.15) is 32.4 Å². The molecule has 94 valence electrons. The van der Waals surface area contributed by atoms with Crippen LogP contribution in [0, 0.1) is 5.92 Å². The summed E-state index contributed by atoms with van der Waals surface area (Å²) < 4.78 is 37.4. The Hall–Kier alpha value is -1.26. The first-order valence-corrected chi connectivity index (χ1v) is 5.61. The molecule has 5 heteroatoms. The minimum absolute atomic E-state index is 0.197. The Morgan fingerprint density at radius 1 is 1.24 bits per heavy atom. The van der Waals surface area contributed by atoms with Crippen molar-refractivity contribution in [1.29, 1.82) is 0 Å². The molecule has 1 aromatic rings. The number of pyridine rings is 1. The van der Waals surface area contributed by atoms with Gasteiger partial charge in [-0.05, 0) is 44.7 Å². The fraction of sp³-hybridized carbons (Fsp3) is 0.583. The molecule has 0 atom stereocenters. The molecule has 1 saturated carbocycles. The minimum Gasteiger partial charge on any atom is -0.365 e. The normalized spacial score (nSPS) is 17.0. The second-order valence-corrected chi connectivity index (χ2v) is 5.03. The molecule has 1 fully saturated rings. The maximum absolute atomic E-state index is 12.5. The van der Waals surface area contributed by atoms with Crippen molar-refractivity contribution in [3.05, 3.63) is 23.9 Å². The Balaban J connectivity index is 2.16. The van der Waals surface area contributed by atoms with Gasteiger partial charge < -0.3 is 5.32 Å². The van der Waals surface area contributed by atoms with Gasteiger partial charge in [-0.3, -0.25) is 0 Å². The van der Waals surface area contributed by atoms with Gasteiger partial charge in [0.25, 0.3) is 0 Å². The van der Waals surface area contributed by atoms with Crippen LogP contribution in [-0.4, -0.2) is 10.5 Å². The lowest BCUT2D eigenvalue weighted by Crippen LogP contribution is -2.33. The quantitative estimate of drug-likeness (QED) is 0.876. The number of aromatic nitrogens is 1. The van der Waals surface area contributed by atoms with Gasteiger partial charge >= 0.3 is 6.18 Å². The SMILES string of the molecule is CC(C)(Nc1cccc(C(F)(F)F)n1)C1CC1. The first-order chi connectivity index (χ1) is 7.79. The van der Waals surface area contributed by atoms with Crippen LogP contribution in [0.3, 0.4) is 0 Å². The summed E-state index contributed by atoms with van der Waals surface area (Å²) in [5.41, 5.74) is -1.05. The van der Waals surface area contributed by atoms with Crippen LogP contribution < -0.4 is 5.32 Å². The van der Waals surface area contributed by atoms with Gasteiger partial charge in [-0.2, -0.15) is 13.2 Å². The number of anilines is 1. The fourth-order valence-electron chi connectivity index (χ4n) is 1.90. The fourth-order valence-corrected chi connectivity index (χ4v) is 1.90. The second kappa shape index (κ2) is 3.89. The summed E-state index contributed by atoms with van der Waals surface area (Å²) in [4.78, 5) is 3.60. The van der Waals surface area contributed by atoms with E-state index in [4.69, 9.17) is 0 Å². The zero-order chi connectivity index (χ0) is 12.7. The van der Waals surface area contributed by atoms with E-state index in [9.17, 15) is 13.2 Å². The van der Waals surface area contributed by atoms with Gasteiger partial charge in [0, 0.05) is 5.54 Å². The zero-order valence-corrected chi connectivity index (χ0v) is 9.80. The maximum Gasteiger partial charge on any atom is 0.433 e. The molecule has 17 heavy (non-hydrogen) atoms. The van der Waals surface area contributed by atoms with Crippen molar-refractivity contribution in [2.45, 2.75) is 38.4 Å². The molecule has 1 heterocycles. The van der Waals surface area contributed by atoms with Crippen LogP contribution in [-0.2, 0) is 6.18 Å². The van der Waals surface area contributed by atoms with Crippen molar-refractivity contribution in [2.24, 2.45) is 5.92 Å². The van der Waals surface area contributed by atoms with Crippen LogP contribution >= 0.6 is 0 Å². The highest BCUT2D eigenvalue weighted by Gasteiger charge is 2.38. The third kappa shape index (κ3) is 2.90. The first kappa shape index (κ1) is 12.2. The number of nitrogens with zero attached hydrogens (tertiary/aromatic N) is 1. The van der Waals surface area contributed by atoms with Crippen molar-refractivity contribution in [1.82, 2.24) is 4.98 Å². The van der Waals surface area contributed by atoms with Crippen LogP contribution in [0.4, 0.5) is 19.0 Å². The third-order valence-electron chi connectivity index (χ3n) is 3.09. The molecule has 1 aliphatic rings. The molecular formula is C12H15F3N2. The summed E-state index contributed by atoms with van der Waals surface area (Å²) in [5.74, 6) is 0.815. The highest BCUT2D eigenvalue weighted by Crippen LogP contribution is 2.41. The topological polar surface area (TPSA) is 24.9 Å². The largest absolute Gasteiger partial charge is 0.433 e. The number of alkyl halides is 3. The van der Waals surface area contributed by atoms with Crippen LogP contribution in [0.5, 0.6) is 0 Å². The lowest BCUT2D eigenvalue weighted by Gasteiger charge is -2.27. The van der Waals surface area contributed by atoms with Gasteiger partial charge in [0.05, 0.1) is 0 Å². The lowest BCUT2D eigenvalue weighted by molar-refractivity contribution is -0.141. The maximum atomic E-state index is 12.5. The lowest BCUT2D eigenvalue weighted by atomic mass is 9.99. The molecule has 0 radical (unpaired) electrons. The van der Waals surface area contributed by atoms with Crippen molar-refractivity contribution in [2.75, 3.05) is 5.32 Å². The summed E-state index contributed by atoms with van der Waals surface area (Å²) in [6.45, 7) is 3.99. The summed E-state index contributed by atoms with van der Waals surface area (Å²) in [5, 5.41) is 3.08. The number of halogens is 3. The molecule has 0 bridgehead atoms. The Labute approximate surface area is 98.2 Å². The average molecular weight is 244 g/mol. The van der Waals surface area contributed by atoms with Crippen molar-refractivity contribution in [3.8, 4) is 0 Å². The Kier molecular flexibility index (Phi) is 2.79. The molecule has 0 amide bonds. The Bertz CT molecular complexity index is 408. The molecule has 2 nitrogen and oxygen atoms in total. The molecule has 0 saturated heterocycles. The van der Waals surface area contributed by atoms with Gasteiger partial charge in [-0.15, -0.1) is 0 Å². The van der Waals surface area contributed by atoms with E-state index >= 15 is 0 Å². The molecule has 1 N–H and O–H groups in total. The third-order valence-corrected chi connectivity index (χ3v) is 3.09. The van der Waals surface area contributed by atoms with Crippen LogP contribution in [0.15, 0.2) is 18.2 Å². The Morgan fingerprint density at radius 2 is 1.88 bits per heavy atom. The van der Waals surface area contributed by atoms with E-state index < -0.39 is 11.9 Å². The number of nitrogens with one attached hydrogen (secondary N) is 1. The molecule has 1 aromatic heterocycles. The molecule has 1 aliphatic carbocycles. The van der Waals surface area contributed by atoms with Crippen molar-refractivity contribution >= 4 is 5.82 Å². The van der Waals surface area contributed by atoms with Gasteiger partial charge in [-0.1, -0.05) is 6.07 Å². The van der Waals surface area contributed by atoms with E-state index in [2.05, 4.69) is 10.3 Å². The van der Waals surface area contributed by atoms with Crippen LogP contribution in [0.2, 0.25) is 0 Å². The molecular weight excluding hydrogens is 229 g/mol. The predicted molar refractivity (Wildman–Crippen MR) is 59.7 cm³/mol. The van der Waals surface area contributed by atoms with E-state index in [1.54, 1.807) is 6.07 Å². The predicted octanol–water partition coefficient (Wildman–Crippen LogP) is 3.70. The second-order valence-electron chi connectivity index (χ2n) is 5.03. The van der Waals surface area contributed by atoms with E-state index in [0.29, 0.717) is 5.92 Å². The average Bonchev–Trinajstić information content (AvgIpc) is 2.99. The summed E-state index contributed by atoms with van der Waals surface area (Å²) in [7, 11) is 0. The van der Waals surface area contributed by atoms with Crippen LogP contribution in [0.25, 0.3) is 0 Å². The van der Waals surface area contributed by atoms with E-state index in [1.807, 2.05) is 13.8 Å². The summed E-state index contributed by atoms with van der Waals surface area (Å²) >= 11 is 0. The number of hydrogen-bond acceptors (Lipinski definition) is 2. The van der Waals surface area contributed by atoms with E-state index in [0.717, 1.165) is 18.9 Å². The van der Waals surface area contributed by atoms with Gasteiger partial charge in [0.15, 0.2) is 0 Å². The van der Waals surface area contributed by atoms with Gasteiger partial charge in [0.2, 0.25) is 0 Å². The highest BCUT2D eigenvalue weighted by molar-refractivity contribution is 5.39. The minimum atomic E-state index is -4.39. The monoisotopic (exact) mass is 244 g/mol. The van der Waals surface area contributed by atoms with E-state index in [-0.39, 0.29) is 11.4 Å². The standard InChI is InChI=1S/C12H15F3N2/c1-11(2,8-6-7-8)17-10-5-3-4-9(16-10)12(13,14)15/h3-5,8H,6-7H2,1-2H3,(H,16,17). The zero-order valence-electron chi connectivity index (χ0n) is 9.80. The summed E-state index contributed by atoms with van der Waals surface area (Å²) in [6.07, 6.45) is -2.14. The van der Waals surface area contributed by atoms with Gasteiger partial charge in [-0.25, -0.2) is 4.98 Å². The smallest absolute Gasteiger partial charge is 0.365 e. The number of hydrogen-bond donors (Lipinski definition) is 1. The van der Waals surface area contributed by atoms with Gasteiger partial charge in [0.1, 0.15) is 11.5 Å². The van der Waals surface area contributed by atoms with Crippen molar-refractivity contribution in [3.63, 3.8) is 0 Å². The van der Waals surface area contributed by atoms with E-state index in [1.165, 1.54) is 6.07 Å². The highest BCUT2D eigenvalue weighted by atomic mass is 19.4. The first-order valence-electron chi connectivity index (χ1n) is 5.61. The van der Waals surface area contributed by atoms with Crippen molar-refractivity contribution < 1.29 is 13.2 Å².